The first-order valence-electron chi connectivity index (χ1n) is 5.22. The molecule has 0 radical (unpaired) electrons. The van der Waals surface area contributed by atoms with Crippen LogP contribution in [0.15, 0.2) is 0 Å². The molecule has 13 heavy (non-hydrogen) atoms. The Kier molecular flexibility index (Phi) is 5.66. The van der Waals surface area contributed by atoms with Gasteiger partial charge in [-0.05, 0) is 0 Å². The van der Waals surface area contributed by atoms with Gasteiger partial charge in [0, 0.05) is 0 Å². The van der Waals surface area contributed by atoms with Gasteiger partial charge in [-0.25, -0.2) is 0 Å². The van der Waals surface area contributed by atoms with Gasteiger partial charge in [-0.3, -0.25) is 0 Å². The van der Waals surface area contributed by atoms with Crippen LogP contribution >= 0.6 is 0 Å². The second-order valence-electron chi connectivity index (χ2n) is 6.48. The van der Waals surface area contributed by atoms with Gasteiger partial charge in [0.05, 0.1) is 0 Å². The Morgan fingerprint density at radius 3 is 1.46 bits per heavy atom. The number of aliphatic hydroxyl groups is 1. The van der Waals surface area contributed by atoms with E-state index in [9.17, 15) is 5.11 Å². The van der Waals surface area contributed by atoms with Gasteiger partial charge < -0.3 is 0 Å². The van der Waals surface area contributed by atoms with Crippen LogP contribution in [0.25, 0.3) is 0 Å². The van der Waals surface area contributed by atoms with E-state index in [1.165, 1.54) is 4.44 Å². The standard InChI is InChI=1S/C4H8O.6CH3.2Sn/c1-3-4(2)5;;;;;;;;/h3-5H,1H2,2H3;6*1H3;;. The number of rotatable bonds is 4. The Morgan fingerprint density at radius 1 is 1.00 bits per heavy atom. The van der Waals surface area contributed by atoms with Gasteiger partial charge in [-0.2, -0.15) is 0 Å². The van der Waals surface area contributed by atoms with Gasteiger partial charge in [0.2, 0.25) is 0 Å². The third-order valence-corrected chi connectivity index (χ3v) is 18.9. The summed E-state index contributed by atoms with van der Waals surface area (Å²) in [4.78, 5) is 14.8. The van der Waals surface area contributed by atoms with Gasteiger partial charge >= 0.3 is 92.9 Å². The van der Waals surface area contributed by atoms with E-state index in [0.717, 1.165) is 0 Å². The molecule has 0 aromatic carbocycles. The van der Waals surface area contributed by atoms with Crippen molar-refractivity contribution in [3.63, 3.8) is 0 Å². The van der Waals surface area contributed by atoms with Crippen LogP contribution in [0.5, 0.6) is 0 Å². The molecule has 0 aliphatic carbocycles. The molecule has 0 aromatic heterocycles. The molecule has 0 bridgehead atoms. The number of aliphatic hydroxyl groups excluding tert-OH is 1. The zero-order valence-corrected chi connectivity index (χ0v) is 16.0. The van der Waals surface area contributed by atoms with Crippen molar-refractivity contribution in [2.45, 2.75) is 51.0 Å². The van der Waals surface area contributed by atoms with Crippen molar-refractivity contribution in [2.24, 2.45) is 0 Å². The second kappa shape index (κ2) is 5.06. The minimum atomic E-state index is -1.88. The summed E-state index contributed by atoms with van der Waals surface area (Å²) in [5, 5.41) is 9.80. The zero-order valence-electron chi connectivity index (χ0n) is 10.3. The van der Waals surface area contributed by atoms with E-state index in [1.807, 2.05) is 6.92 Å². The number of hydrogen-bond donors (Lipinski definition) is 1. The van der Waals surface area contributed by atoms with Gasteiger partial charge in [0.1, 0.15) is 0 Å². The molecule has 0 amide bonds. The molecule has 0 saturated heterocycles. The average molecular weight is 400 g/mol. The SMILES string of the molecule is CC(O)[CH]([CH2][Sn]([CH3])([CH3])[CH3])[Sn]([CH3])([CH3])[CH3]. The Balaban J connectivity index is 4.47. The first-order valence-corrected chi connectivity index (χ1v) is 26.0. The predicted molar refractivity (Wildman–Crippen MR) is 66.9 cm³/mol. The predicted octanol–water partition coefficient (Wildman–Crippen LogP) is 3.41. The summed E-state index contributed by atoms with van der Waals surface area (Å²) in [5.74, 6) is 0. The molecule has 0 heterocycles. The molecule has 0 saturated carbocycles. The molecular weight excluding hydrogens is 374 g/mol. The van der Waals surface area contributed by atoms with E-state index in [-0.39, 0.29) is 6.10 Å². The van der Waals surface area contributed by atoms with Crippen LogP contribution in [-0.2, 0) is 0 Å². The average Bonchev–Trinajstić information content (AvgIpc) is 1.77. The fourth-order valence-electron chi connectivity index (χ4n) is 1.86. The third-order valence-electron chi connectivity index (χ3n) is 2.53. The van der Waals surface area contributed by atoms with Crippen LogP contribution in [0, 0.1) is 0 Å². The van der Waals surface area contributed by atoms with Crippen LogP contribution in [-0.4, -0.2) is 48.0 Å². The molecule has 0 fully saturated rings. The quantitative estimate of drug-likeness (QED) is 0.718. The molecule has 1 nitrogen and oxygen atoms in total. The Bertz CT molecular complexity index is 153. The third kappa shape index (κ3) is 6.61. The molecule has 0 aliphatic rings. The zero-order chi connectivity index (χ0) is 10.9. The molecule has 80 valence electrons. The van der Waals surface area contributed by atoms with E-state index < -0.39 is 36.8 Å². The van der Waals surface area contributed by atoms with Gasteiger partial charge in [-0.15, -0.1) is 0 Å². The Hall–Kier alpha value is 1.56. The Labute approximate surface area is 92.1 Å². The van der Waals surface area contributed by atoms with Gasteiger partial charge in [0.25, 0.3) is 0 Å². The van der Waals surface area contributed by atoms with E-state index in [4.69, 9.17) is 0 Å². The monoisotopic (exact) mass is 402 g/mol. The summed E-state index contributed by atoms with van der Waals surface area (Å²) in [6.07, 6.45) is -0.0632. The van der Waals surface area contributed by atoms with E-state index in [1.54, 1.807) is 0 Å². The molecule has 3 heteroatoms. The molecular formula is C10H26OSn2. The van der Waals surface area contributed by atoms with Crippen molar-refractivity contribution in [1.29, 1.82) is 0 Å². The van der Waals surface area contributed by atoms with Crippen LogP contribution in [0.3, 0.4) is 0 Å². The summed E-state index contributed by atoms with van der Waals surface area (Å²) in [7, 11) is 0. The van der Waals surface area contributed by atoms with Crippen molar-refractivity contribution >= 4 is 36.8 Å². The summed E-state index contributed by atoms with van der Waals surface area (Å²) in [5.41, 5.74) is 0. The first kappa shape index (κ1) is 14.6. The molecule has 0 spiro atoms. The molecule has 2 atom stereocenters. The maximum atomic E-state index is 9.80. The molecule has 0 aliphatic heterocycles. The first-order chi connectivity index (χ1) is 5.54. The van der Waals surface area contributed by atoms with Crippen LogP contribution in [0.2, 0.25) is 38.0 Å². The molecule has 0 aromatic rings. The second-order valence-corrected chi connectivity index (χ2v) is 37.9. The van der Waals surface area contributed by atoms with Crippen LogP contribution in [0.4, 0.5) is 0 Å². The van der Waals surface area contributed by atoms with E-state index in [2.05, 4.69) is 29.6 Å². The van der Waals surface area contributed by atoms with E-state index >= 15 is 0 Å². The van der Waals surface area contributed by atoms with Gasteiger partial charge in [0.15, 0.2) is 0 Å². The molecule has 0 rings (SSSR count). The fraction of sp³-hybridized carbons (Fsp3) is 1.00. The summed E-state index contributed by atoms with van der Waals surface area (Å²) in [6.45, 7) is 1.99. The van der Waals surface area contributed by atoms with Crippen molar-refractivity contribution in [3.05, 3.63) is 0 Å². The normalized spacial score (nSPS) is 18.5. The van der Waals surface area contributed by atoms with Crippen LogP contribution in [0.1, 0.15) is 6.92 Å². The Morgan fingerprint density at radius 2 is 1.38 bits per heavy atom. The van der Waals surface area contributed by atoms with Crippen molar-refractivity contribution in [2.75, 3.05) is 0 Å². The topological polar surface area (TPSA) is 20.2 Å². The number of hydrogen-bond acceptors (Lipinski definition) is 1. The summed E-state index contributed by atoms with van der Waals surface area (Å²) >= 11 is -3.57. The fourth-order valence-corrected chi connectivity index (χ4v) is 35.9. The maximum absolute atomic E-state index is 9.80. The van der Waals surface area contributed by atoms with Crippen molar-refractivity contribution < 1.29 is 5.11 Å². The summed E-state index contributed by atoms with van der Waals surface area (Å²) in [6, 6.07) is 0. The molecule has 1 N–H and O–H groups in total. The minimum absolute atomic E-state index is 0.0632. The molecule has 2 unspecified atom stereocenters. The van der Waals surface area contributed by atoms with Crippen LogP contribution < -0.4 is 0 Å². The summed E-state index contributed by atoms with van der Waals surface area (Å²) < 4.78 is 2.07. The van der Waals surface area contributed by atoms with E-state index in [0.29, 0.717) is 3.93 Å². The van der Waals surface area contributed by atoms with Crippen molar-refractivity contribution in [1.82, 2.24) is 0 Å². The van der Waals surface area contributed by atoms with Gasteiger partial charge in [-0.1, -0.05) is 0 Å². The van der Waals surface area contributed by atoms with Crippen molar-refractivity contribution in [3.8, 4) is 0 Å².